The third-order valence-electron chi connectivity index (χ3n) is 6.44. The molecule has 2 unspecified atom stereocenters. The number of benzene rings is 2. The van der Waals surface area contributed by atoms with Gasteiger partial charge >= 0.3 is 12.2 Å². The molecule has 11 nitrogen and oxygen atoms in total. The summed E-state index contributed by atoms with van der Waals surface area (Å²) in [5.74, 6) is -6.89. The van der Waals surface area contributed by atoms with Crippen molar-refractivity contribution in [2.45, 2.75) is 18.1 Å². The zero-order valence-corrected chi connectivity index (χ0v) is 20.9. The molecular formula is C25H23F3N4O7. The summed E-state index contributed by atoms with van der Waals surface area (Å²) < 4.78 is 59.4. The SMILES string of the molecule is COc1ccc(CCN2C(=O)NC(=O)C3C2=NC(=O)C3(NC(=O)c2ccccc2OC)C(F)(F)F)cc1OC. The summed E-state index contributed by atoms with van der Waals surface area (Å²) in [6.45, 7) is -0.244. The van der Waals surface area contributed by atoms with Gasteiger partial charge in [0.1, 0.15) is 17.5 Å². The lowest BCUT2D eigenvalue weighted by molar-refractivity contribution is -0.202. The van der Waals surface area contributed by atoms with Gasteiger partial charge in [-0.15, -0.1) is 0 Å². The Labute approximate surface area is 219 Å². The zero-order valence-electron chi connectivity index (χ0n) is 20.9. The maximum Gasteiger partial charge on any atom is 0.422 e. The highest BCUT2D eigenvalue weighted by Crippen LogP contribution is 2.44. The predicted molar refractivity (Wildman–Crippen MR) is 129 cm³/mol. The summed E-state index contributed by atoms with van der Waals surface area (Å²) in [4.78, 5) is 55.7. The lowest BCUT2D eigenvalue weighted by Gasteiger charge is -2.39. The first-order chi connectivity index (χ1) is 18.5. The Morgan fingerprint density at radius 2 is 1.69 bits per heavy atom. The van der Waals surface area contributed by atoms with Crippen LogP contribution in [0.1, 0.15) is 15.9 Å². The summed E-state index contributed by atoms with van der Waals surface area (Å²) in [5.41, 5.74) is -3.44. The van der Waals surface area contributed by atoms with E-state index in [2.05, 4.69) is 4.99 Å². The van der Waals surface area contributed by atoms with Crippen LogP contribution < -0.4 is 24.8 Å². The largest absolute Gasteiger partial charge is 0.496 e. The maximum absolute atomic E-state index is 14.6. The molecule has 206 valence electrons. The van der Waals surface area contributed by atoms with E-state index in [0.29, 0.717) is 17.1 Å². The van der Waals surface area contributed by atoms with Crippen molar-refractivity contribution < 1.29 is 46.6 Å². The summed E-state index contributed by atoms with van der Waals surface area (Å²) in [7, 11) is 4.08. The first-order valence-electron chi connectivity index (χ1n) is 11.5. The number of nitrogens with zero attached hydrogens (tertiary/aromatic N) is 2. The number of imide groups is 1. The van der Waals surface area contributed by atoms with Crippen LogP contribution >= 0.6 is 0 Å². The summed E-state index contributed by atoms with van der Waals surface area (Å²) >= 11 is 0. The molecule has 2 heterocycles. The molecule has 0 aliphatic carbocycles. The van der Waals surface area contributed by atoms with E-state index in [9.17, 15) is 32.3 Å². The van der Waals surface area contributed by atoms with Crippen molar-refractivity contribution in [3.05, 3.63) is 53.6 Å². The number of methoxy groups -OCH3 is 3. The maximum atomic E-state index is 14.6. The number of fused-ring (bicyclic) bond motifs is 1. The molecule has 2 aliphatic heterocycles. The third-order valence-corrected chi connectivity index (χ3v) is 6.44. The summed E-state index contributed by atoms with van der Waals surface area (Å²) in [5, 5.41) is 3.56. The molecule has 2 N–H and O–H groups in total. The first-order valence-corrected chi connectivity index (χ1v) is 11.5. The van der Waals surface area contributed by atoms with Crippen LogP contribution in [0.3, 0.4) is 0 Å². The van der Waals surface area contributed by atoms with Crippen LogP contribution in [0.5, 0.6) is 17.2 Å². The second-order valence-corrected chi connectivity index (χ2v) is 8.55. The Balaban J connectivity index is 1.68. The number of rotatable bonds is 8. The van der Waals surface area contributed by atoms with Crippen LogP contribution in [0.25, 0.3) is 0 Å². The Morgan fingerprint density at radius 3 is 2.33 bits per heavy atom. The van der Waals surface area contributed by atoms with Gasteiger partial charge in [0.25, 0.3) is 11.8 Å². The van der Waals surface area contributed by atoms with Gasteiger partial charge in [-0.05, 0) is 36.2 Å². The van der Waals surface area contributed by atoms with Crippen LogP contribution in [0.4, 0.5) is 18.0 Å². The van der Waals surface area contributed by atoms with Gasteiger partial charge in [0.05, 0.1) is 26.9 Å². The van der Waals surface area contributed by atoms with E-state index in [1.807, 2.05) is 5.32 Å². The Kier molecular flexibility index (Phi) is 7.22. The van der Waals surface area contributed by atoms with Crippen LogP contribution in [-0.4, -0.2) is 74.1 Å². The van der Waals surface area contributed by atoms with E-state index in [4.69, 9.17) is 14.2 Å². The summed E-state index contributed by atoms with van der Waals surface area (Å²) in [6.07, 6.45) is -5.38. The molecule has 0 aromatic heterocycles. The molecular weight excluding hydrogens is 525 g/mol. The Bertz CT molecular complexity index is 1380. The molecule has 14 heteroatoms. The number of hydrogen-bond acceptors (Lipinski definition) is 7. The monoisotopic (exact) mass is 548 g/mol. The average Bonchev–Trinajstić information content (AvgIpc) is 3.21. The number of hydrogen-bond donors (Lipinski definition) is 2. The van der Waals surface area contributed by atoms with Crippen molar-refractivity contribution in [2.75, 3.05) is 27.9 Å². The van der Waals surface area contributed by atoms with Crippen molar-refractivity contribution in [3.63, 3.8) is 0 Å². The topological polar surface area (TPSA) is 136 Å². The first kappa shape index (κ1) is 27.4. The fourth-order valence-corrected chi connectivity index (χ4v) is 4.51. The number of alkyl halides is 3. The predicted octanol–water partition coefficient (Wildman–Crippen LogP) is 2.09. The van der Waals surface area contributed by atoms with Gasteiger partial charge in [0.15, 0.2) is 11.5 Å². The van der Waals surface area contributed by atoms with Crippen molar-refractivity contribution in [1.82, 2.24) is 15.5 Å². The van der Waals surface area contributed by atoms with Crippen molar-refractivity contribution >= 4 is 29.6 Å². The second kappa shape index (κ2) is 10.3. The summed E-state index contributed by atoms with van der Waals surface area (Å²) in [6, 6.07) is 9.23. The van der Waals surface area contributed by atoms with E-state index < -0.39 is 47.2 Å². The molecule has 2 aromatic carbocycles. The molecule has 2 atom stereocenters. The highest BCUT2D eigenvalue weighted by atomic mass is 19.4. The zero-order chi connectivity index (χ0) is 28.5. The number of amides is 5. The third kappa shape index (κ3) is 4.62. The van der Waals surface area contributed by atoms with Crippen molar-refractivity contribution in [1.29, 1.82) is 0 Å². The van der Waals surface area contributed by atoms with Gasteiger partial charge < -0.3 is 19.5 Å². The van der Waals surface area contributed by atoms with Gasteiger partial charge in [0, 0.05) is 6.54 Å². The lowest BCUT2D eigenvalue weighted by Crippen LogP contribution is -2.72. The van der Waals surface area contributed by atoms with Crippen LogP contribution in [0, 0.1) is 5.92 Å². The molecule has 0 radical (unpaired) electrons. The van der Waals surface area contributed by atoms with Crippen LogP contribution in [-0.2, 0) is 16.0 Å². The molecule has 39 heavy (non-hydrogen) atoms. The van der Waals surface area contributed by atoms with E-state index in [1.165, 1.54) is 45.6 Å². The van der Waals surface area contributed by atoms with Gasteiger partial charge in [0.2, 0.25) is 11.4 Å². The quantitative estimate of drug-likeness (QED) is 0.516. The number of halogens is 3. The van der Waals surface area contributed by atoms with Crippen molar-refractivity contribution in [2.24, 2.45) is 10.9 Å². The highest BCUT2D eigenvalue weighted by molar-refractivity contribution is 6.27. The molecule has 0 saturated carbocycles. The molecule has 5 amide bonds. The number of urea groups is 1. The van der Waals surface area contributed by atoms with E-state index in [1.54, 1.807) is 23.5 Å². The van der Waals surface area contributed by atoms with Crippen LogP contribution in [0.15, 0.2) is 47.5 Å². The van der Waals surface area contributed by atoms with Crippen molar-refractivity contribution in [3.8, 4) is 17.2 Å². The molecule has 0 bridgehead atoms. The van der Waals surface area contributed by atoms with Gasteiger partial charge in [-0.25, -0.2) is 4.79 Å². The minimum atomic E-state index is -5.47. The standard InChI is InChI=1S/C25H23F3N4O7/c1-37-15-7-5-4-6-14(15)20(33)31-24(25(26,27)28)18-19(29-22(24)35)32(23(36)30-21(18)34)11-10-13-8-9-16(38-2)17(12-13)39-3/h4-9,12,18H,10-11H2,1-3H3,(H,31,33)(H,30,34,36). The lowest BCUT2D eigenvalue weighted by atomic mass is 9.81. The van der Waals surface area contributed by atoms with Gasteiger partial charge in [-0.1, -0.05) is 18.2 Å². The minimum absolute atomic E-state index is 0.0567. The van der Waals surface area contributed by atoms with Gasteiger partial charge in [-0.2, -0.15) is 18.2 Å². The highest BCUT2D eigenvalue weighted by Gasteiger charge is 2.73. The molecule has 1 fully saturated rings. The number of nitrogens with one attached hydrogen (secondary N) is 2. The number of ether oxygens (including phenoxy) is 3. The Hall–Kier alpha value is -4.62. The van der Waals surface area contributed by atoms with E-state index in [0.717, 1.165) is 4.90 Å². The second-order valence-electron chi connectivity index (χ2n) is 8.55. The van der Waals surface area contributed by atoms with E-state index in [-0.39, 0.29) is 24.3 Å². The van der Waals surface area contributed by atoms with E-state index >= 15 is 0 Å². The fourth-order valence-electron chi connectivity index (χ4n) is 4.51. The normalized spacial score (nSPS) is 20.7. The number of amidine groups is 1. The molecule has 1 saturated heterocycles. The molecule has 2 aromatic rings. The molecule has 2 aliphatic rings. The fraction of sp³-hybridized carbons (Fsp3) is 0.320. The van der Waals surface area contributed by atoms with Crippen LogP contribution in [0.2, 0.25) is 0 Å². The smallest absolute Gasteiger partial charge is 0.422 e. The minimum Gasteiger partial charge on any atom is -0.496 e. The average molecular weight is 548 g/mol. The number of para-hydroxylation sites is 1. The van der Waals surface area contributed by atoms with Gasteiger partial charge in [-0.3, -0.25) is 24.6 Å². The number of carbonyl (C=O) groups is 4. The number of carbonyl (C=O) groups excluding carboxylic acids is 4. The Morgan fingerprint density at radius 1 is 1.03 bits per heavy atom. The number of aliphatic imine (C=N–C) groups is 1. The molecule has 0 spiro atoms. The molecule has 4 rings (SSSR count).